The fraction of sp³-hybridized carbons (Fsp3) is 0.143. The molecule has 0 aliphatic carbocycles. The second-order valence-electron chi connectivity index (χ2n) is 3.79. The summed E-state index contributed by atoms with van der Waals surface area (Å²) in [4.78, 5) is 15.7. The lowest BCUT2D eigenvalue weighted by Crippen LogP contribution is -2.07. The van der Waals surface area contributed by atoms with E-state index in [9.17, 15) is 9.90 Å². The Morgan fingerprint density at radius 3 is 2.41 bits per heavy atom. The van der Waals surface area contributed by atoms with Crippen molar-refractivity contribution in [2.45, 2.75) is 12.5 Å². The third-order valence-corrected chi connectivity index (χ3v) is 2.57. The highest BCUT2D eigenvalue weighted by molar-refractivity contribution is 5.96. The fourth-order valence-corrected chi connectivity index (χ4v) is 1.62. The van der Waals surface area contributed by atoms with Crippen molar-refractivity contribution in [2.75, 3.05) is 0 Å². The van der Waals surface area contributed by atoms with Gasteiger partial charge < -0.3 is 5.11 Å². The number of Topliss-reactive ketones (excluding diaryl/α,β-unsaturated/α-hetero) is 1. The smallest absolute Gasteiger partial charge is 0.165 e. The van der Waals surface area contributed by atoms with E-state index in [0.717, 1.165) is 0 Å². The lowest BCUT2D eigenvalue weighted by Gasteiger charge is -2.09. The Kier molecular flexibility index (Phi) is 3.62. The number of ketones is 1. The van der Waals surface area contributed by atoms with E-state index in [4.69, 9.17) is 0 Å². The number of pyridine rings is 1. The summed E-state index contributed by atoms with van der Waals surface area (Å²) in [6.07, 6.45) is 2.52. The van der Waals surface area contributed by atoms with E-state index in [1.54, 1.807) is 36.7 Å². The summed E-state index contributed by atoms with van der Waals surface area (Å²) in [6.45, 7) is 0. The summed E-state index contributed by atoms with van der Waals surface area (Å²) >= 11 is 0. The number of aromatic nitrogens is 1. The van der Waals surface area contributed by atoms with Crippen molar-refractivity contribution >= 4 is 5.78 Å². The van der Waals surface area contributed by atoms with Crippen LogP contribution in [0, 0.1) is 0 Å². The third kappa shape index (κ3) is 2.98. The first-order valence-electron chi connectivity index (χ1n) is 5.43. The molecule has 0 saturated carbocycles. The zero-order valence-corrected chi connectivity index (χ0v) is 9.28. The maximum absolute atomic E-state index is 11.9. The molecule has 3 heteroatoms. The highest BCUT2D eigenvalue weighted by Gasteiger charge is 2.13. The van der Waals surface area contributed by atoms with Gasteiger partial charge in [-0.15, -0.1) is 0 Å². The molecule has 1 atom stereocenters. The fourth-order valence-electron chi connectivity index (χ4n) is 1.62. The predicted octanol–water partition coefficient (Wildman–Crippen LogP) is 2.39. The molecule has 0 unspecified atom stereocenters. The zero-order valence-electron chi connectivity index (χ0n) is 9.28. The number of carbonyl (C=O) groups excluding carboxylic acids is 1. The Hall–Kier alpha value is -2.00. The molecule has 0 saturated heterocycles. The number of rotatable bonds is 4. The Morgan fingerprint density at radius 1 is 1.12 bits per heavy atom. The first-order chi connectivity index (χ1) is 8.27. The summed E-state index contributed by atoms with van der Waals surface area (Å²) in [6, 6.07) is 12.4. The number of hydrogen-bond acceptors (Lipinski definition) is 3. The number of aliphatic hydroxyl groups excluding tert-OH is 1. The van der Waals surface area contributed by atoms with Crippen LogP contribution in [-0.2, 0) is 0 Å². The van der Waals surface area contributed by atoms with Gasteiger partial charge >= 0.3 is 0 Å². The van der Waals surface area contributed by atoms with Crippen LogP contribution >= 0.6 is 0 Å². The summed E-state index contributed by atoms with van der Waals surface area (Å²) in [7, 11) is 0. The summed E-state index contributed by atoms with van der Waals surface area (Å²) < 4.78 is 0. The second-order valence-corrected chi connectivity index (χ2v) is 3.79. The molecule has 0 spiro atoms. The Balaban J connectivity index is 2.05. The van der Waals surface area contributed by atoms with Gasteiger partial charge in [0, 0.05) is 24.4 Å². The van der Waals surface area contributed by atoms with Gasteiger partial charge in [-0.3, -0.25) is 9.78 Å². The number of aliphatic hydroxyl groups is 1. The van der Waals surface area contributed by atoms with Crippen LogP contribution in [0.25, 0.3) is 0 Å². The maximum atomic E-state index is 11.9. The first-order valence-corrected chi connectivity index (χ1v) is 5.43. The lowest BCUT2D eigenvalue weighted by molar-refractivity contribution is 0.0880. The van der Waals surface area contributed by atoms with Crippen molar-refractivity contribution in [1.82, 2.24) is 4.98 Å². The Labute approximate surface area is 99.8 Å². The molecule has 1 N–H and O–H groups in total. The molecule has 86 valence electrons. The average molecular weight is 227 g/mol. The molecular weight excluding hydrogens is 214 g/mol. The molecule has 1 aromatic carbocycles. The van der Waals surface area contributed by atoms with E-state index >= 15 is 0 Å². The number of benzene rings is 1. The molecule has 0 bridgehead atoms. The molecule has 0 amide bonds. The van der Waals surface area contributed by atoms with Gasteiger partial charge in [-0.2, -0.15) is 0 Å². The minimum Gasteiger partial charge on any atom is -0.388 e. The molecule has 0 fully saturated rings. The minimum atomic E-state index is -0.772. The van der Waals surface area contributed by atoms with Crippen LogP contribution in [-0.4, -0.2) is 15.9 Å². The molecule has 0 radical (unpaired) electrons. The zero-order chi connectivity index (χ0) is 12.1. The van der Waals surface area contributed by atoms with Crippen molar-refractivity contribution in [2.24, 2.45) is 0 Å². The van der Waals surface area contributed by atoms with Crippen LogP contribution in [0.2, 0.25) is 0 Å². The van der Waals surface area contributed by atoms with E-state index in [1.807, 2.05) is 18.2 Å². The van der Waals surface area contributed by atoms with Gasteiger partial charge in [0.1, 0.15) is 0 Å². The summed E-state index contributed by atoms with van der Waals surface area (Å²) in [5.74, 6) is -0.0603. The molecule has 0 aliphatic heterocycles. The molecule has 2 rings (SSSR count). The minimum absolute atomic E-state index is 0.0603. The number of nitrogens with zero attached hydrogens (tertiary/aromatic N) is 1. The van der Waals surface area contributed by atoms with Gasteiger partial charge in [-0.05, 0) is 17.7 Å². The molecule has 0 aliphatic rings. The van der Waals surface area contributed by atoms with Gasteiger partial charge in [0.05, 0.1) is 6.10 Å². The topological polar surface area (TPSA) is 50.2 Å². The van der Waals surface area contributed by atoms with Gasteiger partial charge in [-0.25, -0.2) is 0 Å². The first kappa shape index (κ1) is 11.5. The van der Waals surface area contributed by atoms with Crippen molar-refractivity contribution < 1.29 is 9.90 Å². The average Bonchev–Trinajstić information content (AvgIpc) is 2.40. The molecular formula is C14H13NO2. The van der Waals surface area contributed by atoms with Gasteiger partial charge in [-0.1, -0.05) is 30.3 Å². The lowest BCUT2D eigenvalue weighted by atomic mass is 10.0. The SMILES string of the molecule is O=C(C[C@H](O)c1ccncc1)c1ccccc1. The van der Waals surface area contributed by atoms with Gasteiger partial charge in [0.2, 0.25) is 0 Å². The van der Waals surface area contributed by atoms with Crippen LogP contribution in [0.4, 0.5) is 0 Å². The van der Waals surface area contributed by atoms with Crippen LogP contribution in [0.1, 0.15) is 28.4 Å². The highest BCUT2D eigenvalue weighted by atomic mass is 16.3. The monoisotopic (exact) mass is 227 g/mol. The second kappa shape index (κ2) is 5.37. The Bertz CT molecular complexity index is 482. The van der Waals surface area contributed by atoms with Crippen LogP contribution in [0.15, 0.2) is 54.9 Å². The standard InChI is InChI=1S/C14H13NO2/c16-13(11-4-2-1-3-5-11)10-14(17)12-6-8-15-9-7-12/h1-9,14,17H,10H2/t14-/m0/s1. The van der Waals surface area contributed by atoms with Crippen LogP contribution in [0.5, 0.6) is 0 Å². The van der Waals surface area contributed by atoms with Crippen LogP contribution < -0.4 is 0 Å². The quantitative estimate of drug-likeness (QED) is 0.816. The van der Waals surface area contributed by atoms with Crippen molar-refractivity contribution in [1.29, 1.82) is 0 Å². The largest absolute Gasteiger partial charge is 0.388 e. The molecule has 2 aromatic rings. The van der Waals surface area contributed by atoms with Gasteiger partial charge in [0.15, 0.2) is 5.78 Å². The van der Waals surface area contributed by atoms with Crippen molar-refractivity contribution in [3.8, 4) is 0 Å². The number of carbonyl (C=O) groups is 1. The van der Waals surface area contributed by atoms with Crippen LogP contribution in [0.3, 0.4) is 0 Å². The maximum Gasteiger partial charge on any atom is 0.165 e. The molecule has 3 nitrogen and oxygen atoms in total. The van der Waals surface area contributed by atoms with E-state index < -0.39 is 6.10 Å². The molecule has 1 heterocycles. The van der Waals surface area contributed by atoms with E-state index in [1.165, 1.54) is 0 Å². The summed E-state index contributed by atoms with van der Waals surface area (Å²) in [5, 5.41) is 9.90. The van der Waals surface area contributed by atoms with Crippen molar-refractivity contribution in [3.05, 3.63) is 66.0 Å². The van der Waals surface area contributed by atoms with E-state index in [-0.39, 0.29) is 12.2 Å². The Morgan fingerprint density at radius 2 is 1.76 bits per heavy atom. The summed E-state index contributed by atoms with van der Waals surface area (Å²) in [5.41, 5.74) is 1.34. The highest BCUT2D eigenvalue weighted by Crippen LogP contribution is 2.18. The van der Waals surface area contributed by atoms with E-state index in [0.29, 0.717) is 11.1 Å². The normalized spacial score (nSPS) is 12.1. The van der Waals surface area contributed by atoms with E-state index in [2.05, 4.69) is 4.98 Å². The molecule has 1 aromatic heterocycles. The van der Waals surface area contributed by atoms with Crippen molar-refractivity contribution in [3.63, 3.8) is 0 Å². The van der Waals surface area contributed by atoms with Gasteiger partial charge in [0.25, 0.3) is 0 Å². The predicted molar refractivity (Wildman–Crippen MR) is 64.6 cm³/mol. The number of hydrogen-bond donors (Lipinski definition) is 1. The third-order valence-electron chi connectivity index (χ3n) is 2.57. The molecule has 17 heavy (non-hydrogen) atoms.